The Morgan fingerprint density at radius 3 is 2.95 bits per heavy atom. The number of carbonyl (C=O) groups is 1. The van der Waals surface area contributed by atoms with Gasteiger partial charge in [-0.3, -0.25) is 9.59 Å². The number of anilines is 2. The van der Waals surface area contributed by atoms with E-state index in [1.54, 1.807) is 19.0 Å². The van der Waals surface area contributed by atoms with Gasteiger partial charge in [-0.05, 0) is 30.9 Å². The van der Waals surface area contributed by atoms with Gasteiger partial charge in [0.05, 0.1) is 11.2 Å². The van der Waals surface area contributed by atoms with Crippen LogP contribution in [0.1, 0.15) is 26.5 Å². The number of hydrogen-bond donors (Lipinski definition) is 2. The average Bonchev–Trinajstić information content (AvgIpc) is 3.01. The number of thiophene rings is 1. The molecule has 0 atom stereocenters. The van der Waals surface area contributed by atoms with E-state index < -0.39 is 0 Å². The van der Waals surface area contributed by atoms with Gasteiger partial charge in [0.25, 0.3) is 11.5 Å². The summed E-state index contributed by atoms with van der Waals surface area (Å²) in [5, 5.41) is 2.69. The number of nitrogens with one attached hydrogen (secondary N) is 2. The molecule has 6 nitrogen and oxygen atoms in total. The minimum absolute atomic E-state index is 0.182. The van der Waals surface area contributed by atoms with Crippen molar-refractivity contribution in [3.05, 3.63) is 38.1 Å². The van der Waals surface area contributed by atoms with E-state index in [1.807, 2.05) is 6.07 Å². The zero-order valence-electron chi connectivity index (χ0n) is 11.9. The Labute approximate surface area is 125 Å². The number of nitrogens with zero attached hydrogens (tertiary/aromatic N) is 2. The highest BCUT2D eigenvalue weighted by atomic mass is 32.1. The van der Waals surface area contributed by atoms with Gasteiger partial charge < -0.3 is 15.2 Å². The van der Waals surface area contributed by atoms with Crippen molar-refractivity contribution in [2.75, 3.05) is 24.3 Å². The van der Waals surface area contributed by atoms with Crippen LogP contribution in [-0.2, 0) is 12.8 Å². The number of H-pyrrole nitrogens is 1. The lowest BCUT2D eigenvalue weighted by atomic mass is 10.2. The summed E-state index contributed by atoms with van der Waals surface area (Å²) in [6.07, 6.45) is 4.57. The van der Waals surface area contributed by atoms with Gasteiger partial charge in [-0.15, -0.1) is 11.3 Å². The maximum Gasteiger partial charge on any atom is 0.276 e. The molecule has 2 N–H and O–H groups in total. The summed E-state index contributed by atoms with van der Waals surface area (Å²) in [5.41, 5.74) is 1.09. The zero-order chi connectivity index (χ0) is 15.0. The van der Waals surface area contributed by atoms with Gasteiger partial charge >= 0.3 is 0 Å². The van der Waals surface area contributed by atoms with E-state index in [0.29, 0.717) is 10.7 Å². The van der Waals surface area contributed by atoms with Crippen LogP contribution in [0, 0.1) is 0 Å². The monoisotopic (exact) mass is 304 g/mol. The third kappa shape index (κ3) is 2.56. The fourth-order valence-electron chi connectivity index (χ4n) is 2.46. The molecule has 3 rings (SSSR count). The van der Waals surface area contributed by atoms with Crippen molar-refractivity contribution in [3.63, 3.8) is 0 Å². The Morgan fingerprint density at radius 1 is 1.43 bits per heavy atom. The number of aryl methyl sites for hydroxylation is 2. The molecule has 0 fully saturated rings. The number of aromatic amines is 1. The maximum atomic E-state index is 12.3. The number of amides is 1. The quantitative estimate of drug-likeness (QED) is 0.903. The minimum atomic E-state index is -0.355. The second-order valence-corrected chi connectivity index (χ2v) is 6.33. The normalized spacial score (nSPS) is 13.0. The van der Waals surface area contributed by atoms with Crippen LogP contribution in [-0.4, -0.2) is 30.0 Å². The van der Waals surface area contributed by atoms with Crippen LogP contribution < -0.4 is 15.8 Å². The van der Waals surface area contributed by atoms with E-state index in [0.717, 1.165) is 19.3 Å². The molecule has 0 saturated heterocycles. The lowest BCUT2D eigenvalue weighted by Gasteiger charge is -2.14. The summed E-state index contributed by atoms with van der Waals surface area (Å²) in [7, 11) is 3.55. The van der Waals surface area contributed by atoms with Crippen molar-refractivity contribution in [1.82, 2.24) is 9.97 Å². The smallest absolute Gasteiger partial charge is 0.276 e. The lowest BCUT2D eigenvalue weighted by Crippen LogP contribution is -2.24. The van der Waals surface area contributed by atoms with Crippen LogP contribution in [0.25, 0.3) is 0 Å². The third-order valence-electron chi connectivity index (χ3n) is 3.47. The third-order valence-corrected chi connectivity index (χ3v) is 4.70. The van der Waals surface area contributed by atoms with E-state index in [4.69, 9.17) is 0 Å². The summed E-state index contributed by atoms with van der Waals surface area (Å²) in [5.74, 6) is 0.187. The standard InChI is InChI=1S/C14H16N4O2S/c1-18(2)12-11(14(20)16-7-15-12)17-13(19)10-6-8-4-3-5-9(8)21-10/h6-7H,3-5H2,1-2H3,(H,17,19)(H,15,16,20). The van der Waals surface area contributed by atoms with Gasteiger partial charge in [0, 0.05) is 19.0 Å². The first-order chi connectivity index (χ1) is 10.1. The molecule has 2 aromatic rings. The predicted octanol–water partition coefficient (Wildman–Crippen LogP) is 1.64. The Hall–Kier alpha value is -2.15. The fraction of sp³-hybridized carbons (Fsp3) is 0.357. The van der Waals surface area contributed by atoms with Crippen molar-refractivity contribution < 1.29 is 4.79 Å². The highest BCUT2D eigenvalue weighted by Gasteiger charge is 2.20. The molecule has 1 aliphatic carbocycles. The van der Waals surface area contributed by atoms with Crippen LogP contribution in [0.3, 0.4) is 0 Å². The predicted molar refractivity (Wildman–Crippen MR) is 83.5 cm³/mol. The Kier molecular flexibility index (Phi) is 3.50. The summed E-state index contributed by atoms with van der Waals surface area (Å²) in [6.45, 7) is 0. The van der Waals surface area contributed by atoms with Crippen molar-refractivity contribution in [2.45, 2.75) is 19.3 Å². The van der Waals surface area contributed by atoms with E-state index in [9.17, 15) is 9.59 Å². The van der Waals surface area contributed by atoms with Crippen molar-refractivity contribution >= 4 is 28.7 Å². The highest BCUT2D eigenvalue weighted by Crippen LogP contribution is 2.31. The fourth-order valence-corrected chi connectivity index (χ4v) is 3.61. The minimum Gasteiger partial charge on any atom is -0.361 e. The number of fused-ring (bicyclic) bond motifs is 1. The molecular formula is C14H16N4O2S. The van der Waals surface area contributed by atoms with E-state index in [2.05, 4.69) is 15.3 Å². The molecule has 1 amide bonds. The Bertz CT molecular complexity index is 726. The number of hydrogen-bond acceptors (Lipinski definition) is 5. The van der Waals surface area contributed by atoms with Crippen molar-refractivity contribution in [3.8, 4) is 0 Å². The van der Waals surface area contributed by atoms with Crippen molar-refractivity contribution in [2.24, 2.45) is 0 Å². The Morgan fingerprint density at radius 2 is 2.24 bits per heavy atom. The zero-order valence-corrected chi connectivity index (χ0v) is 12.7. The van der Waals surface area contributed by atoms with Crippen molar-refractivity contribution in [1.29, 1.82) is 0 Å². The second-order valence-electron chi connectivity index (χ2n) is 5.19. The van der Waals surface area contributed by atoms with E-state index >= 15 is 0 Å². The molecule has 0 spiro atoms. The van der Waals surface area contributed by atoms with Gasteiger partial charge in [-0.25, -0.2) is 4.98 Å². The van der Waals surface area contributed by atoms with Gasteiger partial charge in [-0.2, -0.15) is 0 Å². The van der Waals surface area contributed by atoms with Gasteiger partial charge in [0.15, 0.2) is 11.5 Å². The largest absolute Gasteiger partial charge is 0.361 e. The summed E-state index contributed by atoms with van der Waals surface area (Å²) < 4.78 is 0. The first kappa shape index (κ1) is 13.8. The molecule has 7 heteroatoms. The topological polar surface area (TPSA) is 78.1 Å². The molecular weight excluding hydrogens is 288 g/mol. The number of rotatable bonds is 3. The average molecular weight is 304 g/mol. The molecule has 110 valence electrons. The molecule has 2 aromatic heterocycles. The van der Waals surface area contributed by atoms with Crippen LogP contribution >= 0.6 is 11.3 Å². The Balaban J connectivity index is 1.89. The molecule has 0 unspecified atom stereocenters. The van der Waals surface area contributed by atoms with Crippen LogP contribution in [0.5, 0.6) is 0 Å². The highest BCUT2D eigenvalue weighted by molar-refractivity contribution is 7.14. The first-order valence-corrected chi connectivity index (χ1v) is 7.56. The number of carbonyl (C=O) groups excluding carboxylic acids is 1. The molecule has 0 aliphatic heterocycles. The summed E-state index contributed by atoms with van der Waals surface area (Å²) >= 11 is 1.51. The molecule has 1 aliphatic rings. The molecule has 0 bridgehead atoms. The van der Waals surface area contributed by atoms with Crippen LogP contribution in [0.15, 0.2) is 17.2 Å². The van der Waals surface area contributed by atoms with Gasteiger partial charge in [0.2, 0.25) is 0 Å². The summed E-state index contributed by atoms with van der Waals surface area (Å²) in [4.78, 5) is 34.5. The second kappa shape index (κ2) is 5.33. The molecule has 2 heterocycles. The molecule has 0 radical (unpaired) electrons. The van der Waals surface area contributed by atoms with Crippen LogP contribution in [0.4, 0.5) is 11.5 Å². The van der Waals surface area contributed by atoms with E-state index in [-0.39, 0.29) is 17.2 Å². The van der Waals surface area contributed by atoms with E-state index in [1.165, 1.54) is 28.1 Å². The molecule has 21 heavy (non-hydrogen) atoms. The molecule has 0 aromatic carbocycles. The van der Waals surface area contributed by atoms with Gasteiger partial charge in [0.1, 0.15) is 0 Å². The lowest BCUT2D eigenvalue weighted by molar-refractivity contribution is 0.103. The number of aromatic nitrogens is 2. The van der Waals surface area contributed by atoms with Crippen LogP contribution in [0.2, 0.25) is 0 Å². The SMILES string of the molecule is CN(C)c1nc[nH]c(=O)c1NC(=O)c1cc2c(s1)CCC2. The van der Waals surface area contributed by atoms with Gasteiger partial charge in [-0.1, -0.05) is 0 Å². The maximum absolute atomic E-state index is 12.3. The molecule has 0 saturated carbocycles. The summed E-state index contributed by atoms with van der Waals surface area (Å²) in [6, 6.07) is 1.93. The first-order valence-electron chi connectivity index (χ1n) is 6.74.